The number of fused-ring (bicyclic) bond motifs is 1. The molecule has 8 heteroatoms. The first-order chi connectivity index (χ1) is 17.4. The quantitative estimate of drug-likeness (QED) is 0.268. The molecule has 2 saturated heterocycles. The lowest BCUT2D eigenvalue weighted by Gasteiger charge is -2.26. The summed E-state index contributed by atoms with van der Waals surface area (Å²) >= 11 is 0. The van der Waals surface area contributed by atoms with Crippen LogP contribution in [0.5, 0.6) is 5.75 Å². The summed E-state index contributed by atoms with van der Waals surface area (Å²) in [7, 11) is 1.61. The van der Waals surface area contributed by atoms with Gasteiger partial charge in [-0.25, -0.2) is 4.79 Å². The second-order valence-corrected chi connectivity index (χ2v) is 10.2. The van der Waals surface area contributed by atoms with Gasteiger partial charge in [0.1, 0.15) is 24.1 Å². The average molecular weight is 507 g/mol. The molecule has 2 fully saturated rings. The number of urea groups is 1. The summed E-state index contributed by atoms with van der Waals surface area (Å²) in [4.78, 5) is 12.4. The summed E-state index contributed by atoms with van der Waals surface area (Å²) < 4.78 is 29.5. The van der Waals surface area contributed by atoms with Crippen LogP contribution in [0.2, 0.25) is 0 Å². The molecule has 0 aliphatic carbocycles. The monoisotopic (exact) mass is 506 g/mol. The summed E-state index contributed by atoms with van der Waals surface area (Å²) in [5.41, 5.74) is 0.680. The Morgan fingerprint density at radius 1 is 0.944 bits per heavy atom. The van der Waals surface area contributed by atoms with Crippen molar-refractivity contribution in [1.29, 1.82) is 0 Å². The van der Waals surface area contributed by atoms with Crippen LogP contribution in [0.4, 0.5) is 10.5 Å². The van der Waals surface area contributed by atoms with E-state index in [1.807, 2.05) is 13.8 Å². The van der Waals surface area contributed by atoms with Crippen molar-refractivity contribution in [3.8, 4) is 5.75 Å². The van der Waals surface area contributed by atoms with E-state index in [-0.39, 0.29) is 24.3 Å². The van der Waals surface area contributed by atoms with Crippen LogP contribution in [0, 0.1) is 0 Å². The molecule has 1 aromatic carbocycles. The van der Waals surface area contributed by atoms with Gasteiger partial charge in [-0.1, -0.05) is 64.7 Å². The molecule has 2 heterocycles. The van der Waals surface area contributed by atoms with E-state index >= 15 is 0 Å². The van der Waals surface area contributed by atoms with Crippen molar-refractivity contribution < 1.29 is 28.5 Å². The van der Waals surface area contributed by atoms with Crippen LogP contribution in [0.3, 0.4) is 0 Å². The molecule has 1 aromatic rings. The molecule has 0 bridgehead atoms. The first-order valence-corrected chi connectivity index (χ1v) is 13.7. The van der Waals surface area contributed by atoms with Crippen molar-refractivity contribution in [2.24, 2.45) is 0 Å². The van der Waals surface area contributed by atoms with Crippen LogP contribution in [0.15, 0.2) is 24.3 Å². The minimum atomic E-state index is -0.710. The lowest BCUT2D eigenvalue weighted by molar-refractivity contribution is -0.217. The minimum absolute atomic E-state index is 0.295. The molecule has 0 radical (unpaired) electrons. The number of rotatable bonds is 16. The van der Waals surface area contributed by atoms with Gasteiger partial charge in [0.25, 0.3) is 0 Å². The molecule has 0 spiro atoms. The molecule has 2 N–H and O–H groups in total. The second kappa shape index (κ2) is 14.8. The number of amides is 2. The van der Waals surface area contributed by atoms with Gasteiger partial charge < -0.3 is 34.3 Å². The molecule has 0 unspecified atom stereocenters. The summed E-state index contributed by atoms with van der Waals surface area (Å²) in [6.45, 7) is 6.95. The van der Waals surface area contributed by atoms with Crippen molar-refractivity contribution in [2.45, 2.75) is 115 Å². The molecule has 204 valence electrons. The number of carbonyl (C=O) groups is 1. The number of hydrogen-bond acceptors (Lipinski definition) is 6. The topological polar surface area (TPSA) is 87.3 Å². The van der Waals surface area contributed by atoms with E-state index in [4.69, 9.17) is 23.7 Å². The standard InChI is InChI=1S/C28H46N2O6/c1-5-6-7-8-9-10-11-12-13-14-19-33-24-23(34-26-25(24)35-28(2,3)36-26)20-29-27(31)30-21-15-17-22(32-4)18-16-21/h15-18,23-26H,5-14,19-20H2,1-4H3,(H2,29,30,31)/t23-,24+,25+,26+/m0/s1. The highest BCUT2D eigenvalue weighted by Crippen LogP contribution is 2.38. The minimum Gasteiger partial charge on any atom is -0.497 e. The van der Waals surface area contributed by atoms with Gasteiger partial charge in [0.15, 0.2) is 12.1 Å². The molecule has 2 aliphatic heterocycles. The zero-order valence-electron chi connectivity index (χ0n) is 22.6. The fraction of sp³-hybridized carbons (Fsp3) is 0.750. The molecule has 2 amide bonds. The summed E-state index contributed by atoms with van der Waals surface area (Å²) in [6.07, 6.45) is 11.4. The highest BCUT2D eigenvalue weighted by atomic mass is 16.8. The number of benzene rings is 1. The maximum atomic E-state index is 12.4. The van der Waals surface area contributed by atoms with Crippen LogP contribution in [0.25, 0.3) is 0 Å². The van der Waals surface area contributed by atoms with E-state index in [0.717, 1.165) is 18.6 Å². The van der Waals surface area contributed by atoms with Crippen molar-refractivity contribution in [2.75, 3.05) is 25.6 Å². The smallest absolute Gasteiger partial charge is 0.319 e. The highest BCUT2D eigenvalue weighted by molar-refractivity contribution is 5.89. The number of carbonyl (C=O) groups excluding carboxylic acids is 1. The van der Waals surface area contributed by atoms with Gasteiger partial charge in [0.05, 0.1) is 7.11 Å². The summed E-state index contributed by atoms with van der Waals surface area (Å²) in [5.74, 6) is 0.0234. The lowest BCUT2D eigenvalue weighted by Crippen LogP contribution is -2.44. The molecule has 4 atom stereocenters. The predicted molar refractivity (Wildman–Crippen MR) is 140 cm³/mol. The van der Waals surface area contributed by atoms with Gasteiger partial charge >= 0.3 is 6.03 Å². The molecular formula is C28H46N2O6. The molecule has 3 rings (SSSR count). The number of nitrogens with one attached hydrogen (secondary N) is 2. The zero-order chi connectivity index (χ0) is 25.8. The Bertz CT molecular complexity index is 772. The molecule has 0 aromatic heterocycles. The SMILES string of the molecule is CCCCCCCCCCCCO[C@H]1[C@H]2OC(C)(C)O[C@H]2O[C@H]1CNC(=O)Nc1ccc(OC)cc1. The van der Waals surface area contributed by atoms with Gasteiger partial charge in [-0.3, -0.25) is 0 Å². The fourth-order valence-electron chi connectivity index (χ4n) is 4.76. The van der Waals surface area contributed by atoms with Crippen molar-refractivity contribution in [1.82, 2.24) is 5.32 Å². The van der Waals surface area contributed by atoms with Crippen LogP contribution >= 0.6 is 0 Å². The number of methoxy groups -OCH3 is 1. The largest absolute Gasteiger partial charge is 0.497 e. The Balaban J connectivity index is 1.38. The third-order valence-corrected chi connectivity index (χ3v) is 6.71. The van der Waals surface area contributed by atoms with Crippen LogP contribution in [-0.2, 0) is 18.9 Å². The van der Waals surface area contributed by atoms with E-state index in [1.165, 1.54) is 51.4 Å². The molecule has 2 aliphatic rings. The Morgan fingerprint density at radius 3 is 2.22 bits per heavy atom. The van der Waals surface area contributed by atoms with E-state index in [2.05, 4.69) is 17.6 Å². The van der Waals surface area contributed by atoms with Gasteiger partial charge in [-0.2, -0.15) is 0 Å². The molecule has 8 nitrogen and oxygen atoms in total. The van der Waals surface area contributed by atoms with Crippen LogP contribution in [-0.4, -0.2) is 56.7 Å². The fourth-order valence-corrected chi connectivity index (χ4v) is 4.76. The first-order valence-electron chi connectivity index (χ1n) is 13.7. The van der Waals surface area contributed by atoms with E-state index in [0.29, 0.717) is 18.8 Å². The van der Waals surface area contributed by atoms with Gasteiger partial charge in [-0.15, -0.1) is 0 Å². The number of unbranched alkanes of at least 4 members (excludes halogenated alkanes) is 9. The van der Waals surface area contributed by atoms with E-state index < -0.39 is 12.1 Å². The number of hydrogen-bond donors (Lipinski definition) is 2. The van der Waals surface area contributed by atoms with Crippen molar-refractivity contribution >= 4 is 11.7 Å². The molecule has 0 saturated carbocycles. The van der Waals surface area contributed by atoms with Crippen molar-refractivity contribution in [3.05, 3.63) is 24.3 Å². The van der Waals surface area contributed by atoms with Gasteiger partial charge in [-0.05, 0) is 44.5 Å². The normalized spacial score (nSPS) is 24.4. The second-order valence-electron chi connectivity index (χ2n) is 10.2. The van der Waals surface area contributed by atoms with Crippen molar-refractivity contribution in [3.63, 3.8) is 0 Å². The van der Waals surface area contributed by atoms with E-state index in [9.17, 15) is 4.79 Å². The Hall–Kier alpha value is -1.87. The van der Waals surface area contributed by atoms with E-state index in [1.54, 1.807) is 31.4 Å². The highest BCUT2D eigenvalue weighted by Gasteiger charge is 2.55. The summed E-state index contributed by atoms with van der Waals surface area (Å²) in [5, 5.41) is 5.71. The lowest BCUT2D eigenvalue weighted by atomic mass is 10.1. The average Bonchev–Trinajstić information content (AvgIpc) is 3.32. The Morgan fingerprint density at radius 2 is 1.58 bits per heavy atom. The van der Waals surface area contributed by atoms with Crippen LogP contribution < -0.4 is 15.4 Å². The first kappa shape index (κ1) is 28.7. The Kier molecular flexibility index (Phi) is 11.8. The molecule has 36 heavy (non-hydrogen) atoms. The maximum absolute atomic E-state index is 12.4. The predicted octanol–water partition coefficient (Wildman–Crippen LogP) is 6.00. The Labute approximate surface area is 216 Å². The maximum Gasteiger partial charge on any atom is 0.319 e. The number of ether oxygens (including phenoxy) is 5. The van der Waals surface area contributed by atoms with Gasteiger partial charge in [0.2, 0.25) is 0 Å². The third kappa shape index (κ3) is 9.21. The summed E-state index contributed by atoms with van der Waals surface area (Å²) in [6, 6.07) is 6.86. The molecular weight excluding hydrogens is 460 g/mol. The van der Waals surface area contributed by atoms with Gasteiger partial charge in [0, 0.05) is 18.8 Å². The zero-order valence-corrected chi connectivity index (χ0v) is 22.6. The number of anilines is 1. The third-order valence-electron chi connectivity index (χ3n) is 6.71. The van der Waals surface area contributed by atoms with Crippen LogP contribution in [0.1, 0.15) is 85.0 Å².